The van der Waals surface area contributed by atoms with E-state index in [0.29, 0.717) is 34.3 Å². The van der Waals surface area contributed by atoms with Crippen LogP contribution >= 0.6 is 11.6 Å². The molecule has 23 heavy (non-hydrogen) atoms. The summed E-state index contributed by atoms with van der Waals surface area (Å²) >= 11 is 5.88. The monoisotopic (exact) mass is 333 g/mol. The van der Waals surface area contributed by atoms with Crippen LogP contribution in [0.1, 0.15) is 26.3 Å². The number of amides is 1. The molecule has 0 spiro atoms. The van der Waals surface area contributed by atoms with E-state index in [-0.39, 0.29) is 5.91 Å². The van der Waals surface area contributed by atoms with Gasteiger partial charge in [-0.25, -0.2) is 4.79 Å². The number of esters is 1. The summed E-state index contributed by atoms with van der Waals surface area (Å²) in [5.41, 5.74) is 2.12. The second-order valence-corrected chi connectivity index (χ2v) is 6.31. The van der Waals surface area contributed by atoms with Gasteiger partial charge in [-0.1, -0.05) is 37.6 Å². The van der Waals surface area contributed by atoms with Gasteiger partial charge in [0.15, 0.2) is 0 Å². The number of methoxy groups -OCH3 is 1. The number of allylic oxidation sites excluding steroid dienone is 1. The Labute approximate surface area is 141 Å². The number of nitrogens with zero attached hydrogens (tertiary/aromatic N) is 1. The van der Waals surface area contributed by atoms with Crippen LogP contribution in [0.4, 0.5) is 0 Å². The molecule has 1 aromatic rings. The second kappa shape index (κ2) is 7.01. The van der Waals surface area contributed by atoms with E-state index in [9.17, 15) is 9.59 Å². The summed E-state index contributed by atoms with van der Waals surface area (Å²) in [6.45, 7) is 6.39. The quantitative estimate of drug-likeness (QED) is 0.624. The molecule has 4 nitrogen and oxygen atoms in total. The first-order valence-corrected chi connectivity index (χ1v) is 7.81. The summed E-state index contributed by atoms with van der Waals surface area (Å²) in [7, 11) is 1.32. The molecule has 1 aliphatic heterocycles. The fourth-order valence-electron chi connectivity index (χ4n) is 2.54. The van der Waals surface area contributed by atoms with Crippen molar-refractivity contribution in [3.63, 3.8) is 0 Å². The summed E-state index contributed by atoms with van der Waals surface area (Å²) in [6.07, 6.45) is 1.70. The molecule has 122 valence electrons. The van der Waals surface area contributed by atoms with Crippen LogP contribution in [0.5, 0.6) is 0 Å². The number of benzene rings is 1. The highest BCUT2D eigenvalue weighted by atomic mass is 35.5. The fraction of sp³-hybridized carbons (Fsp3) is 0.333. The average molecular weight is 334 g/mol. The Hall–Kier alpha value is -2.07. The maximum absolute atomic E-state index is 12.7. The van der Waals surface area contributed by atoms with Crippen molar-refractivity contribution < 1.29 is 14.3 Å². The maximum atomic E-state index is 12.7. The van der Waals surface area contributed by atoms with Gasteiger partial charge in [0, 0.05) is 17.3 Å². The molecule has 1 aliphatic rings. The molecule has 1 aromatic carbocycles. The molecule has 0 saturated carbocycles. The Bertz CT molecular complexity index is 687. The molecule has 2 rings (SSSR count). The highest BCUT2D eigenvalue weighted by Gasteiger charge is 2.36. The summed E-state index contributed by atoms with van der Waals surface area (Å²) in [5.74, 6) is -0.378. The standard InChI is InChI=1S/C18H20ClNO3/c1-11(2)10-20-12(3)16(18(22)23-4)15(17(20)21)9-13-5-7-14(19)8-6-13/h5-9,11H,10H2,1-4H3. The number of halogens is 1. The van der Waals surface area contributed by atoms with Gasteiger partial charge in [0.2, 0.25) is 0 Å². The average Bonchev–Trinajstić information content (AvgIpc) is 2.73. The fourth-order valence-corrected chi connectivity index (χ4v) is 2.66. The van der Waals surface area contributed by atoms with Crippen molar-refractivity contribution in [3.05, 3.63) is 51.7 Å². The van der Waals surface area contributed by atoms with Gasteiger partial charge in [-0.05, 0) is 36.6 Å². The lowest BCUT2D eigenvalue weighted by Crippen LogP contribution is -2.28. The zero-order chi connectivity index (χ0) is 17.1. The predicted octanol–water partition coefficient (Wildman–Crippen LogP) is 3.67. The van der Waals surface area contributed by atoms with Crippen molar-refractivity contribution in [1.29, 1.82) is 0 Å². The first-order chi connectivity index (χ1) is 10.8. The van der Waals surface area contributed by atoms with Crippen LogP contribution in [0.2, 0.25) is 5.02 Å². The lowest BCUT2D eigenvalue weighted by Gasteiger charge is -2.19. The zero-order valence-corrected chi connectivity index (χ0v) is 14.5. The van der Waals surface area contributed by atoms with Crippen molar-refractivity contribution in [2.45, 2.75) is 20.8 Å². The topological polar surface area (TPSA) is 46.6 Å². The number of carbonyl (C=O) groups is 2. The van der Waals surface area contributed by atoms with Crippen molar-refractivity contribution in [2.75, 3.05) is 13.7 Å². The third kappa shape index (κ3) is 3.64. The van der Waals surface area contributed by atoms with E-state index in [1.807, 2.05) is 13.8 Å². The number of carbonyl (C=O) groups excluding carboxylic acids is 2. The largest absolute Gasteiger partial charge is 0.465 e. The highest BCUT2D eigenvalue weighted by Crippen LogP contribution is 2.32. The molecule has 0 saturated heterocycles. The predicted molar refractivity (Wildman–Crippen MR) is 90.7 cm³/mol. The number of hydrogen-bond acceptors (Lipinski definition) is 3. The molecule has 0 radical (unpaired) electrons. The van der Waals surface area contributed by atoms with Crippen molar-refractivity contribution >= 4 is 29.6 Å². The third-order valence-corrected chi connectivity index (χ3v) is 3.88. The van der Waals surface area contributed by atoms with E-state index in [1.54, 1.807) is 42.2 Å². The zero-order valence-electron chi connectivity index (χ0n) is 13.7. The maximum Gasteiger partial charge on any atom is 0.340 e. The van der Waals surface area contributed by atoms with Crippen LogP contribution in [0.15, 0.2) is 41.1 Å². The lowest BCUT2D eigenvalue weighted by atomic mass is 10.0. The number of rotatable bonds is 4. The van der Waals surface area contributed by atoms with Crippen LogP contribution in [0.25, 0.3) is 6.08 Å². The van der Waals surface area contributed by atoms with E-state index in [2.05, 4.69) is 0 Å². The molecule has 0 unspecified atom stereocenters. The smallest absolute Gasteiger partial charge is 0.340 e. The van der Waals surface area contributed by atoms with Gasteiger partial charge in [0.05, 0.1) is 18.3 Å². The Balaban J connectivity index is 2.49. The molecular formula is C18H20ClNO3. The van der Waals surface area contributed by atoms with Gasteiger partial charge < -0.3 is 9.64 Å². The number of ether oxygens (including phenoxy) is 1. The highest BCUT2D eigenvalue weighted by molar-refractivity contribution is 6.30. The van der Waals surface area contributed by atoms with E-state index in [1.165, 1.54) is 7.11 Å². The lowest BCUT2D eigenvalue weighted by molar-refractivity contribution is -0.136. The van der Waals surface area contributed by atoms with Gasteiger partial charge in [0.25, 0.3) is 5.91 Å². The van der Waals surface area contributed by atoms with Gasteiger partial charge >= 0.3 is 5.97 Å². The van der Waals surface area contributed by atoms with E-state index >= 15 is 0 Å². The van der Waals surface area contributed by atoms with Crippen LogP contribution < -0.4 is 0 Å². The molecule has 1 amide bonds. The van der Waals surface area contributed by atoms with Crippen LogP contribution in [0.3, 0.4) is 0 Å². The normalized spacial score (nSPS) is 16.7. The molecule has 0 aliphatic carbocycles. The molecule has 0 aromatic heterocycles. The van der Waals surface area contributed by atoms with E-state index in [0.717, 1.165) is 5.56 Å². The molecular weight excluding hydrogens is 314 g/mol. The van der Waals surface area contributed by atoms with E-state index in [4.69, 9.17) is 16.3 Å². The minimum atomic E-state index is -0.498. The summed E-state index contributed by atoms with van der Waals surface area (Å²) in [6, 6.07) is 7.09. The minimum absolute atomic E-state index is 0.174. The van der Waals surface area contributed by atoms with Crippen LogP contribution in [0, 0.1) is 5.92 Å². The second-order valence-electron chi connectivity index (χ2n) is 5.87. The van der Waals surface area contributed by atoms with Crippen LogP contribution in [-0.4, -0.2) is 30.4 Å². The molecule has 0 N–H and O–H groups in total. The molecule has 0 bridgehead atoms. The number of hydrogen-bond donors (Lipinski definition) is 0. The summed E-state index contributed by atoms with van der Waals surface area (Å²) in [5, 5.41) is 0.617. The third-order valence-electron chi connectivity index (χ3n) is 3.63. The Morgan fingerprint density at radius 1 is 1.30 bits per heavy atom. The van der Waals surface area contributed by atoms with Gasteiger partial charge in [-0.15, -0.1) is 0 Å². The summed E-state index contributed by atoms with van der Waals surface area (Å²) in [4.78, 5) is 26.5. The first-order valence-electron chi connectivity index (χ1n) is 7.43. The Morgan fingerprint density at radius 2 is 1.91 bits per heavy atom. The van der Waals surface area contributed by atoms with Gasteiger partial charge in [-0.3, -0.25) is 4.79 Å². The van der Waals surface area contributed by atoms with Crippen LogP contribution in [-0.2, 0) is 14.3 Å². The van der Waals surface area contributed by atoms with Crippen molar-refractivity contribution in [2.24, 2.45) is 5.92 Å². The first kappa shape index (κ1) is 17.3. The molecule has 0 atom stereocenters. The molecule has 1 heterocycles. The molecule has 0 fully saturated rings. The Morgan fingerprint density at radius 3 is 2.43 bits per heavy atom. The van der Waals surface area contributed by atoms with Crippen molar-refractivity contribution in [3.8, 4) is 0 Å². The van der Waals surface area contributed by atoms with E-state index < -0.39 is 5.97 Å². The molecule has 5 heteroatoms. The Kier molecular flexibility index (Phi) is 5.26. The minimum Gasteiger partial charge on any atom is -0.465 e. The van der Waals surface area contributed by atoms with Gasteiger partial charge in [0.1, 0.15) is 0 Å². The van der Waals surface area contributed by atoms with Gasteiger partial charge in [-0.2, -0.15) is 0 Å². The van der Waals surface area contributed by atoms with Crippen molar-refractivity contribution in [1.82, 2.24) is 4.90 Å². The summed E-state index contributed by atoms with van der Waals surface area (Å²) < 4.78 is 4.86. The SMILES string of the molecule is COC(=O)C1=C(C)N(CC(C)C)C(=O)C1=Cc1ccc(Cl)cc1.